The number of rotatable bonds is 5. The summed E-state index contributed by atoms with van der Waals surface area (Å²) < 4.78 is 5.78. The molecule has 0 aliphatic carbocycles. The van der Waals surface area contributed by atoms with E-state index in [2.05, 4.69) is 24.2 Å². The van der Waals surface area contributed by atoms with Crippen LogP contribution in [0.1, 0.15) is 46.0 Å². The van der Waals surface area contributed by atoms with Crippen LogP contribution < -0.4 is 11.3 Å². The maximum atomic E-state index is 11.4. The van der Waals surface area contributed by atoms with Crippen LogP contribution in [0.25, 0.3) is 0 Å². The zero-order valence-electron chi connectivity index (χ0n) is 12.2. The molecule has 19 heavy (non-hydrogen) atoms. The van der Waals surface area contributed by atoms with Crippen LogP contribution in [0.15, 0.2) is 0 Å². The predicted molar refractivity (Wildman–Crippen MR) is 74.3 cm³/mol. The van der Waals surface area contributed by atoms with Gasteiger partial charge in [0, 0.05) is 13.1 Å². The molecule has 0 aromatic rings. The van der Waals surface area contributed by atoms with E-state index in [0.717, 1.165) is 25.9 Å². The summed E-state index contributed by atoms with van der Waals surface area (Å²) in [5.41, 5.74) is 2.68. The molecule has 0 aromatic carbocycles. The van der Waals surface area contributed by atoms with Crippen LogP contribution in [0, 0.1) is 5.41 Å². The molecule has 1 amide bonds. The maximum absolute atomic E-state index is 11.4. The third kappa shape index (κ3) is 3.27. The summed E-state index contributed by atoms with van der Waals surface area (Å²) in [7, 11) is 0. The van der Waals surface area contributed by atoms with Crippen molar-refractivity contribution in [2.24, 2.45) is 11.3 Å². The highest BCUT2D eigenvalue weighted by Gasteiger charge is 2.37. The van der Waals surface area contributed by atoms with E-state index in [9.17, 15) is 4.79 Å². The van der Waals surface area contributed by atoms with E-state index < -0.39 is 0 Å². The Morgan fingerprint density at radius 2 is 2.16 bits per heavy atom. The molecular formula is C14H27N3O2. The van der Waals surface area contributed by atoms with Gasteiger partial charge in [0.2, 0.25) is 0 Å². The van der Waals surface area contributed by atoms with Crippen LogP contribution in [0.5, 0.6) is 0 Å². The molecule has 0 radical (unpaired) electrons. The van der Waals surface area contributed by atoms with Crippen LogP contribution >= 0.6 is 0 Å². The average molecular weight is 269 g/mol. The molecule has 2 rings (SSSR count). The first kappa shape index (κ1) is 14.8. The molecule has 2 aliphatic rings. The largest absolute Gasteiger partial charge is 0.364 e. The van der Waals surface area contributed by atoms with Gasteiger partial charge in [-0.25, -0.2) is 5.84 Å². The SMILES string of the molecule is CCC1(CC)CCN(CC2CCC(C(=O)NN)O2)C1. The Morgan fingerprint density at radius 3 is 2.74 bits per heavy atom. The molecule has 110 valence electrons. The highest BCUT2D eigenvalue weighted by Crippen LogP contribution is 2.37. The molecule has 2 fully saturated rings. The topological polar surface area (TPSA) is 67.6 Å². The Labute approximate surface area is 115 Å². The Bertz CT molecular complexity index is 318. The van der Waals surface area contributed by atoms with E-state index in [0.29, 0.717) is 5.41 Å². The van der Waals surface area contributed by atoms with Gasteiger partial charge in [-0.05, 0) is 44.1 Å². The molecule has 3 N–H and O–H groups in total. The van der Waals surface area contributed by atoms with Gasteiger partial charge >= 0.3 is 0 Å². The van der Waals surface area contributed by atoms with E-state index >= 15 is 0 Å². The fraction of sp³-hybridized carbons (Fsp3) is 0.929. The van der Waals surface area contributed by atoms with Crippen molar-refractivity contribution in [1.29, 1.82) is 0 Å². The number of nitrogens with two attached hydrogens (primary N) is 1. The van der Waals surface area contributed by atoms with Crippen molar-refractivity contribution in [2.75, 3.05) is 19.6 Å². The lowest BCUT2D eigenvalue weighted by atomic mass is 9.82. The monoisotopic (exact) mass is 269 g/mol. The van der Waals surface area contributed by atoms with Crippen molar-refractivity contribution in [3.05, 3.63) is 0 Å². The molecule has 2 unspecified atom stereocenters. The normalized spacial score (nSPS) is 30.7. The van der Waals surface area contributed by atoms with E-state index in [1.165, 1.54) is 25.8 Å². The van der Waals surface area contributed by atoms with Crippen LogP contribution in [0.3, 0.4) is 0 Å². The van der Waals surface area contributed by atoms with Gasteiger partial charge < -0.3 is 9.64 Å². The van der Waals surface area contributed by atoms with Gasteiger partial charge in [0.1, 0.15) is 6.10 Å². The average Bonchev–Trinajstić information content (AvgIpc) is 3.06. The number of carbonyl (C=O) groups excluding carboxylic acids is 1. The number of hydrazine groups is 1. The summed E-state index contributed by atoms with van der Waals surface area (Å²) in [6, 6.07) is 0. The number of nitrogens with one attached hydrogen (secondary N) is 1. The number of hydrogen-bond donors (Lipinski definition) is 2. The molecule has 5 nitrogen and oxygen atoms in total. The maximum Gasteiger partial charge on any atom is 0.263 e. The second-order valence-electron chi connectivity index (χ2n) is 6.02. The number of nitrogens with zero attached hydrogens (tertiary/aromatic N) is 1. The first-order chi connectivity index (χ1) is 9.12. The number of likely N-dealkylation sites (tertiary alicyclic amines) is 1. The summed E-state index contributed by atoms with van der Waals surface area (Å²) in [5, 5.41) is 0. The molecule has 0 bridgehead atoms. The number of amides is 1. The molecule has 2 saturated heterocycles. The standard InChI is InChI=1S/C14H27N3O2/c1-3-14(4-2)7-8-17(10-14)9-11-5-6-12(19-11)13(18)16-15/h11-12H,3-10,15H2,1-2H3,(H,16,18). The number of carbonyl (C=O) groups is 1. The van der Waals surface area contributed by atoms with Crippen LogP contribution in [0.4, 0.5) is 0 Å². The molecule has 2 heterocycles. The summed E-state index contributed by atoms with van der Waals surface area (Å²) in [4.78, 5) is 13.9. The van der Waals surface area contributed by atoms with Gasteiger partial charge in [-0.1, -0.05) is 13.8 Å². The van der Waals surface area contributed by atoms with Gasteiger partial charge in [0.15, 0.2) is 0 Å². The summed E-state index contributed by atoms with van der Waals surface area (Å²) in [6.07, 6.45) is 5.38. The summed E-state index contributed by atoms with van der Waals surface area (Å²) in [5.74, 6) is 4.95. The Kier molecular flexibility index (Phi) is 4.81. The second kappa shape index (κ2) is 6.20. The van der Waals surface area contributed by atoms with E-state index in [4.69, 9.17) is 10.6 Å². The van der Waals surface area contributed by atoms with Crippen molar-refractivity contribution in [3.8, 4) is 0 Å². The number of hydrogen-bond acceptors (Lipinski definition) is 4. The zero-order chi connectivity index (χ0) is 13.9. The van der Waals surface area contributed by atoms with Crippen molar-refractivity contribution in [1.82, 2.24) is 10.3 Å². The molecule has 2 aliphatic heterocycles. The molecule has 0 aromatic heterocycles. The first-order valence-electron chi connectivity index (χ1n) is 7.50. The summed E-state index contributed by atoms with van der Waals surface area (Å²) >= 11 is 0. The molecule has 5 heteroatoms. The minimum atomic E-state index is -0.347. The van der Waals surface area contributed by atoms with Gasteiger partial charge in [0.25, 0.3) is 5.91 Å². The quantitative estimate of drug-likeness (QED) is 0.444. The minimum absolute atomic E-state index is 0.187. The fourth-order valence-corrected chi connectivity index (χ4v) is 3.42. The predicted octanol–water partition coefficient (Wildman–Crippen LogP) is 1.04. The lowest BCUT2D eigenvalue weighted by Gasteiger charge is -2.27. The highest BCUT2D eigenvalue weighted by atomic mass is 16.5. The Balaban J connectivity index is 1.79. The lowest BCUT2D eigenvalue weighted by molar-refractivity contribution is -0.132. The van der Waals surface area contributed by atoms with Gasteiger partial charge in [-0.15, -0.1) is 0 Å². The molecule has 2 atom stereocenters. The third-order valence-electron chi connectivity index (χ3n) is 5.02. The third-order valence-corrected chi connectivity index (χ3v) is 5.02. The lowest BCUT2D eigenvalue weighted by Crippen LogP contribution is -2.40. The molecular weight excluding hydrogens is 242 g/mol. The van der Waals surface area contributed by atoms with Gasteiger partial charge in [0.05, 0.1) is 6.10 Å². The van der Waals surface area contributed by atoms with E-state index in [1.54, 1.807) is 0 Å². The molecule has 0 saturated carbocycles. The van der Waals surface area contributed by atoms with Gasteiger partial charge in [-0.2, -0.15) is 0 Å². The van der Waals surface area contributed by atoms with Crippen molar-refractivity contribution < 1.29 is 9.53 Å². The van der Waals surface area contributed by atoms with Crippen LogP contribution in [-0.2, 0) is 9.53 Å². The number of ether oxygens (including phenoxy) is 1. The smallest absolute Gasteiger partial charge is 0.263 e. The van der Waals surface area contributed by atoms with Crippen molar-refractivity contribution in [2.45, 2.75) is 58.2 Å². The fourth-order valence-electron chi connectivity index (χ4n) is 3.42. The van der Waals surface area contributed by atoms with Gasteiger partial charge in [-0.3, -0.25) is 10.2 Å². The van der Waals surface area contributed by atoms with Crippen molar-refractivity contribution in [3.63, 3.8) is 0 Å². The van der Waals surface area contributed by atoms with Crippen LogP contribution in [0.2, 0.25) is 0 Å². The first-order valence-corrected chi connectivity index (χ1v) is 7.50. The highest BCUT2D eigenvalue weighted by molar-refractivity contribution is 5.80. The Morgan fingerprint density at radius 1 is 1.42 bits per heavy atom. The van der Waals surface area contributed by atoms with Crippen LogP contribution in [-0.4, -0.2) is 42.6 Å². The van der Waals surface area contributed by atoms with E-state index in [-0.39, 0.29) is 18.1 Å². The summed E-state index contributed by atoms with van der Waals surface area (Å²) in [6.45, 7) is 7.88. The molecule has 0 spiro atoms. The second-order valence-corrected chi connectivity index (χ2v) is 6.02. The van der Waals surface area contributed by atoms with Crippen molar-refractivity contribution >= 4 is 5.91 Å². The minimum Gasteiger partial charge on any atom is -0.364 e. The Hall–Kier alpha value is -0.650. The zero-order valence-corrected chi connectivity index (χ0v) is 12.2. The van der Waals surface area contributed by atoms with E-state index in [1.807, 2.05) is 0 Å².